The van der Waals surface area contributed by atoms with Gasteiger partial charge in [0, 0.05) is 25.7 Å². The second-order valence-corrected chi connectivity index (χ2v) is 5.97. The number of anilines is 2. The van der Waals surface area contributed by atoms with Crippen molar-refractivity contribution in [2.75, 3.05) is 30.3 Å². The molecule has 1 unspecified atom stereocenters. The van der Waals surface area contributed by atoms with Gasteiger partial charge in [0.2, 0.25) is 0 Å². The molecule has 6 nitrogen and oxygen atoms in total. The van der Waals surface area contributed by atoms with Crippen LogP contribution in [0.4, 0.5) is 10.9 Å². The summed E-state index contributed by atoms with van der Waals surface area (Å²) in [4.78, 5) is 19.2. The SMILES string of the molecule is CCC(CCO)NC(=O)c1sc(N2CCCC2)nc1N. The Kier molecular flexibility index (Phi) is 5.19. The summed E-state index contributed by atoms with van der Waals surface area (Å²) in [7, 11) is 0. The molecular formula is C13H22N4O2S. The molecule has 7 heteroatoms. The molecule has 0 aliphatic carbocycles. The summed E-state index contributed by atoms with van der Waals surface area (Å²) in [5, 5.41) is 12.7. The van der Waals surface area contributed by atoms with Gasteiger partial charge < -0.3 is 21.1 Å². The minimum Gasteiger partial charge on any atom is -0.396 e. The van der Waals surface area contributed by atoms with Crippen molar-refractivity contribution in [1.29, 1.82) is 0 Å². The minimum absolute atomic E-state index is 0.0239. The van der Waals surface area contributed by atoms with Crippen LogP contribution in [0.25, 0.3) is 0 Å². The van der Waals surface area contributed by atoms with Crippen LogP contribution in [0.15, 0.2) is 0 Å². The van der Waals surface area contributed by atoms with E-state index >= 15 is 0 Å². The number of carbonyl (C=O) groups is 1. The monoisotopic (exact) mass is 298 g/mol. The lowest BCUT2D eigenvalue weighted by molar-refractivity contribution is 0.0934. The molecule has 1 aromatic rings. The molecule has 4 N–H and O–H groups in total. The molecule has 0 bridgehead atoms. The average molecular weight is 298 g/mol. The third kappa shape index (κ3) is 3.40. The third-order valence-electron chi connectivity index (χ3n) is 3.53. The summed E-state index contributed by atoms with van der Waals surface area (Å²) in [5.74, 6) is 0.110. The fraction of sp³-hybridized carbons (Fsp3) is 0.692. The zero-order chi connectivity index (χ0) is 14.5. The van der Waals surface area contributed by atoms with Crippen LogP contribution < -0.4 is 16.0 Å². The predicted molar refractivity (Wildman–Crippen MR) is 81.2 cm³/mol. The quantitative estimate of drug-likeness (QED) is 0.734. The summed E-state index contributed by atoms with van der Waals surface area (Å²) < 4.78 is 0. The van der Waals surface area contributed by atoms with Gasteiger partial charge in [0.25, 0.3) is 5.91 Å². The number of aliphatic hydroxyl groups is 1. The Morgan fingerprint density at radius 3 is 2.85 bits per heavy atom. The van der Waals surface area contributed by atoms with Crippen LogP contribution in [0.2, 0.25) is 0 Å². The molecule has 1 amide bonds. The van der Waals surface area contributed by atoms with Crippen LogP contribution in [0.1, 0.15) is 42.3 Å². The maximum absolute atomic E-state index is 12.2. The Hall–Kier alpha value is -1.34. The van der Waals surface area contributed by atoms with Crippen molar-refractivity contribution in [3.63, 3.8) is 0 Å². The highest BCUT2D eigenvalue weighted by Crippen LogP contribution is 2.30. The molecule has 0 radical (unpaired) electrons. The maximum atomic E-state index is 12.2. The number of carbonyl (C=O) groups excluding carboxylic acids is 1. The highest BCUT2D eigenvalue weighted by molar-refractivity contribution is 7.18. The second kappa shape index (κ2) is 6.90. The summed E-state index contributed by atoms with van der Waals surface area (Å²) >= 11 is 1.35. The Balaban J connectivity index is 2.05. The number of hydrogen-bond acceptors (Lipinski definition) is 6. The first-order valence-electron chi connectivity index (χ1n) is 7.08. The summed E-state index contributed by atoms with van der Waals surface area (Å²) in [5.41, 5.74) is 5.86. The number of nitrogens with zero attached hydrogens (tertiary/aromatic N) is 2. The van der Waals surface area contributed by atoms with Crippen molar-refractivity contribution in [2.24, 2.45) is 0 Å². The summed E-state index contributed by atoms with van der Waals surface area (Å²) in [6.07, 6.45) is 3.66. The van der Waals surface area contributed by atoms with Crippen LogP contribution in [0.5, 0.6) is 0 Å². The van der Waals surface area contributed by atoms with Gasteiger partial charge in [0.15, 0.2) is 5.13 Å². The smallest absolute Gasteiger partial charge is 0.265 e. The van der Waals surface area contributed by atoms with E-state index in [9.17, 15) is 4.79 Å². The number of nitrogens with two attached hydrogens (primary N) is 1. The molecule has 2 rings (SSSR count). The molecule has 2 heterocycles. The third-order valence-corrected chi connectivity index (χ3v) is 4.66. The van der Waals surface area contributed by atoms with Crippen LogP contribution in [-0.4, -0.2) is 41.7 Å². The molecule has 1 fully saturated rings. The zero-order valence-corrected chi connectivity index (χ0v) is 12.6. The molecule has 1 aliphatic heterocycles. The fourth-order valence-corrected chi connectivity index (χ4v) is 3.25. The van der Waals surface area contributed by atoms with E-state index in [-0.39, 0.29) is 18.6 Å². The van der Waals surface area contributed by atoms with E-state index in [0.29, 0.717) is 17.1 Å². The number of rotatable bonds is 6. The summed E-state index contributed by atoms with van der Waals surface area (Å²) in [6, 6.07) is -0.0239. The fourth-order valence-electron chi connectivity index (χ4n) is 2.31. The number of nitrogen functional groups attached to an aromatic ring is 1. The Bertz CT molecular complexity index is 457. The van der Waals surface area contributed by atoms with Crippen molar-refractivity contribution in [3.05, 3.63) is 4.88 Å². The zero-order valence-electron chi connectivity index (χ0n) is 11.8. The van der Waals surface area contributed by atoms with Crippen LogP contribution in [0, 0.1) is 0 Å². The largest absolute Gasteiger partial charge is 0.396 e. The normalized spacial score (nSPS) is 16.4. The van der Waals surface area contributed by atoms with E-state index in [1.165, 1.54) is 11.3 Å². The molecule has 20 heavy (non-hydrogen) atoms. The van der Waals surface area contributed by atoms with Crippen molar-refractivity contribution < 1.29 is 9.90 Å². The standard InChI is InChI=1S/C13H22N4O2S/c1-2-9(5-8-18)15-12(19)10-11(14)16-13(20-10)17-6-3-4-7-17/h9,18H,2-8,14H2,1H3,(H,15,19). The van der Waals surface area contributed by atoms with Gasteiger partial charge >= 0.3 is 0 Å². The highest BCUT2D eigenvalue weighted by Gasteiger charge is 2.22. The number of nitrogens with one attached hydrogen (secondary N) is 1. The number of hydrogen-bond donors (Lipinski definition) is 3. The van der Waals surface area contributed by atoms with E-state index < -0.39 is 0 Å². The number of thiazole rings is 1. The van der Waals surface area contributed by atoms with Crippen molar-refractivity contribution in [1.82, 2.24) is 10.3 Å². The van der Waals surface area contributed by atoms with E-state index in [4.69, 9.17) is 10.8 Å². The predicted octanol–water partition coefficient (Wildman–Crippen LogP) is 1.22. The van der Waals surface area contributed by atoms with Gasteiger partial charge in [-0.1, -0.05) is 18.3 Å². The molecular weight excluding hydrogens is 276 g/mol. The Morgan fingerprint density at radius 2 is 2.25 bits per heavy atom. The molecule has 0 spiro atoms. The molecule has 0 saturated carbocycles. The Morgan fingerprint density at radius 1 is 1.55 bits per heavy atom. The van der Waals surface area contributed by atoms with Crippen LogP contribution in [-0.2, 0) is 0 Å². The lowest BCUT2D eigenvalue weighted by Gasteiger charge is -2.15. The summed E-state index contributed by atoms with van der Waals surface area (Å²) in [6.45, 7) is 4.01. The molecule has 1 atom stereocenters. The van der Waals surface area contributed by atoms with E-state index in [1.807, 2.05) is 6.92 Å². The van der Waals surface area contributed by atoms with E-state index in [0.717, 1.165) is 37.5 Å². The van der Waals surface area contributed by atoms with Crippen LogP contribution >= 0.6 is 11.3 Å². The molecule has 0 aromatic carbocycles. The van der Waals surface area contributed by atoms with E-state index in [1.54, 1.807) is 0 Å². The highest BCUT2D eigenvalue weighted by atomic mass is 32.1. The molecule has 1 aromatic heterocycles. The first-order valence-corrected chi connectivity index (χ1v) is 7.90. The molecule has 1 saturated heterocycles. The average Bonchev–Trinajstić information content (AvgIpc) is 3.06. The molecule has 1 aliphatic rings. The number of aliphatic hydroxyl groups excluding tert-OH is 1. The van der Waals surface area contributed by atoms with Gasteiger partial charge in [-0.3, -0.25) is 4.79 Å². The van der Waals surface area contributed by atoms with Gasteiger partial charge in [-0.2, -0.15) is 0 Å². The maximum Gasteiger partial charge on any atom is 0.265 e. The van der Waals surface area contributed by atoms with Gasteiger partial charge in [-0.15, -0.1) is 0 Å². The van der Waals surface area contributed by atoms with Crippen molar-refractivity contribution in [3.8, 4) is 0 Å². The Labute approximate surface area is 123 Å². The topological polar surface area (TPSA) is 91.5 Å². The molecule has 112 valence electrons. The lowest BCUT2D eigenvalue weighted by Crippen LogP contribution is -2.34. The minimum atomic E-state index is -0.189. The van der Waals surface area contributed by atoms with Gasteiger partial charge in [-0.05, 0) is 25.7 Å². The van der Waals surface area contributed by atoms with Gasteiger partial charge in [-0.25, -0.2) is 4.98 Å². The van der Waals surface area contributed by atoms with Crippen LogP contribution in [0.3, 0.4) is 0 Å². The second-order valence-electron chi connectivity index (χ2n) is 5.00. The van der Waals surface area contributed by atoms with Gasteiger partial charge in [0.1, 0.15) is 10.7 Å². The number of amides is 1. The van der Waals surface area contributed by atoms with Crippen molar-refractivity contribution in [2.45, 2.75) is 38.6 Å². The van der Waals surface area contributed by atoms with Crippen molar-refractivity contribution >= 4 is 28.2 Å². The van der Waals surface area contributed by atoms with E-state index in [2.05, 4.69) is 15.2 Å². The van der Waals surface area contributed by atoms with Gasteiger partial charge in [0.05, 0.1) is 0 Å². The lowest BCUT2D eigenvalue weighted by atomic mass is 10.1. The first kappa shape index (κ1) is 15.1. The first-order chi connectivity index (χ1) is 9.65. The number of aromatic nitrogens is 1.